The molecule has 2 heterocycles. The first kappa shape index (κ1) is 21.1. The Balaban J connectivity index is 1.67. The largest absolute Gasteiger partial charge is 0.462 e. The monoisotopic (exact) mass is 431 g/mol. The third-order valence-electron chi connectivity index (χ3n) is 3.99. The Morgan fingerprint density at radius 2 is 1.97 bits per heavy atom. The number of anilines is 1. The number of amides is 1. The first-order valence-corrected chi connectivity index (χ1v) is 11.1. The molecule has 2 aromatic heterocycles. The lowest BCUT2D eigenvalue weighted by atomic mass is 10.2. The van der Waals surface area contributed by atoms with E-state index in [1.54, 1.807) is 35.8 Å². The number of thioether (sulfide) groups is 1. The van der Waals surface area contributed by atoms with Crippen LogP contribution in [0.2, 0.25) is 0 Å². The van der Waals surface area contributed by atoms with Crippen molar-refractivity contribution in [3.05, 3.63) is 51.6 Å². The minimum atomic E-state index is -0.398. The van der Waals surface area contributed by atoms with Gasteiger partial charge >= 0.3 is 5.97 Å². The van der Waals surface area contributed by atoms with Crippen molar-refractivity contribution in [2.75, 3.05) is 17.7 Å². The van der Waals surface area contributed by atoms with Gasteiger partial charge in [-0.15, -0.1) is 11.3 Å². The smallest absolute Gasteiger partial charge is 0.338 e. The molecule has 0 saturated heterocycles. The molecule has 0 spiro atoms. The number of hydrogen-bond donors (Lipinski definition) is 1. The molecule has 3 aromatic rings. The number of rotatable bonds is 8. The first-order chi connectivity index (χ1) is 14.0. The van der Waals surface area contributed by atoms with Crippen molar-refractivity contribution in [2.45, 2.75) is 32.0 Å². The fourth-order valence-corrected chi connectivity index (χ4v) is 4.29. The molecule has 0 bridgehead atoms. The Labute approximate surface area is 176 Å². The van der Waals surface area contributed by atoms with Crippen LogP contribution >= 0.6 is 23.1 Å². The molecular weight excluding hydrogens is 410 g/mol. The number of benzene rings is 1. The number of aromatic nitrogens is 2. The highest BCUT2D eigenvalue weighted by Crippen LogP contribution is 2.21. The minimum absolute atomic E-state index is 0.0655. The molecule has 7 nitrogen and oxygen atoms in total. The van der Waals surface area contributed by atoms with Crippen LogP contribution in [0.1, 0.15) is 30.6 Å². The van der Waals surface area contributed by atoms with Crippen LogP contribution < -0.4 is 10.9 Å². The van der Waals surface area contributed by atoms with E-state index in [0.29, 0.717) is 39.8 Å². The lowest BCUT2D eigenvalue weighted by Gasteiger charge is -2.11. The van der Waals surface area contributed by atoms with Crippen LogP contribution in [0.15, 0.2) is 45.7 Å². The van der Waals surface area contributed by atoms with E-state index < -0.39 is 5.97 Å². The van der Waals surface area contributed by atoms with Crippen LogP contribution in [-0.2, 0) is 16.1 Å². The summed E-state index contributed by atoms with van der Waals surface area (Å²) < 4.78 is 7.20. The first-order valence-electron chi connectivity index (χ1n) is 9.21. The highest BCUT2D eigenvalue weighted by atomic mass is 32.2. The van der Waals surface area contributed by atoms with Crippen LogP contribution in [0.25, 0.3) is 10.2 Å². The summed E-state index contributed by atoms with van der Waals surface area (Å²) in [6.45, 7) is 4.60. The standard InChI is InChI=1S/C20H21N3O4S2/c1-3-10-23-18(25)17-15(9-11-28-17)22-20(23)29-12-16(24)21-14-7-5-13(6-8-14)19(26)27-4-2/h5-9,11H,3-4,10,12H2,1-2H3,(H,21,24). The zero-order valence-electron chi connectivity index (χ0n) is 16.1. The SMILES string of the molecule is CCCn1c(SCC(=O)Nc2ccc(C(=O)OCC)cc2)nc2ccsc2c1=O. The molecular formula is C20H21N3O4S2. The summed E-state index contributed by atoms with van der Waals surface area (Å²) in [6, 6.07) is 8.32. The average Bonchev–Trinajstić information content (AvgIpc) is 3.18. The molecule has 1 amide bonds. The summed E-state index contributed by atoms with van der Waals surface area (Å²) in [4.78, 5) is 41.2. The van der Waals surface area contributed by atoms with Gasteiger partial charge in [0.15, 0.2) is 5.16 Å². The fraction of sp³-hybridized carbons (Fsp3) is 0.300. The summed E-state index contributed by atoms with van der Waals surface area (Å²) in [5.41, 5.74) is 1.60. The zero-order chi connectivity index (χ0) is 20.8. The van der Waals surface area contributed by atoms with E-state index in [4.69, 9.17) is 4.74 Å². The molecule has 3 rings (SSSR count). The molecule has 0 fully saturated rings. The van der Waals surface area contributed by atoms with E-state index >= 15 is 0 Å². The highest BCUT2D eigenvalue weighted by Gasteiger charge is 2.14. The van der Waals surface area contributed by atoms with Crippen LogP contribution in [0.5, 0.6) is 0 Å². The Bertz CT molecular complexity index is 1070. The molecule has 0 aliphatic heterocycles. The molecule has 152 valence electrons. The number of hydrogen-bond acceptors (Lipinski definition) is 7. The van der Waals surface area contributed by atoms with Crippen LogP contribution in [0.3, 0.4) is 0 Å². The zero-order valence-corrected chi connectivity index (χ0v) is 17.8. The molecule has 1 aromatic carbocycles. The quantitative estimate of drug-likeness (QED) is 0.332. The molecule has 0 atom stereocenters. The molecule has 0 aliphatic carbocycles. The van der Waals surface area contributed by atoms with Gasteiger partial charge in [0.1, 0.15) is 4.70 Å². The molecule has 29 heavy (non-hydrogen) atoms. The maximum atomic E-state index is 12.7. The number of thiophene rings is 1. The van der Waals surface area contributed by atoms with Crippen molar-refractivity contribution in [2.24, 2.45) is 0 Å². The number of ether oxygens (including phenoxy) is 1. The number of nitrogens with zero attached hydrogens (tertiary/aromatic N) is 2. The van der Waals surface area contributed by atoms with E-state index in [-0.39, 0.29) is 17.2 Å². The van der Waals surface area contributed by atoms with Gasteiger partial charge in [-0.05, 0) is 49.1 Å². The van der Waals surface area contributed by atoms with Crippen molar-refractivity contribution in [1.82, 2.24) is 9.55 Å². The number of nitrogens with one attached hydrogen (secondary N) is 1. The Morgan fingerprint density at radius 1 is 1.21 bits per heavy atom. The molecule has 0 radical (unpaired) electrons. The number of fused-ring (bicyclic) bond motifs is 1. The minimum Gasteiger partial charge on any atom is -0.462 e. The second-order valence-corrected chi connectivity index (χ2v) is 7.98. The van der Waals surface area contributed by atoms with Crippen molar-refractivity contribution in [3.8, 4) is 0 Å². The van der Waals surface area contributed by atoms with Gasteiger partial charge in [-0.3, -0.25) is 14.2 Å². The van der Waals surface area contributed by atoms with E-state index in [1.807, 2.05) is 18.4 Å². The predicted octanol–water partition coefficient (Wildman–Crippen LogP) is 3.78. The van der Waals surface area contributed by atoms with Gasteiger partial charge in [-0.25, -0.2) is 9.78 Å². The number of carbonyl (C=O) groups is 2. The second-order valence-electron chi connectivity index (χ2n) is 6.12. The predicted molar refractivity (Wildman–Crippen MR) is 116 cm³/mol. The summed E-state index contributed by atoms with van der Waals surface area (Å²) in [5.74, 6) is -0.503. The van der Waals surface area contributed by atoms with E-state index in [0.717, 1.165) is 6.42 Å². The summed E-state index contributed by atoms with van der Waals surface area (Å²) in [6.07, 6.45) is 0.797. The Kier molecular flexibility index (Phi) is 7.05. The lowest BCUT2D eigenvalue weighted by molar-refractivity contribution is -0.113. The van der Waals surface area contributed by atoms with Gasteiger partial charge < -0.3 is 10.1 Å². The third-order valence-corrected chi connectivity index (χ3v) is 5.86. The van der Waals surface area contributed by atoms with Crippen molar-refractivity contribution in [3.63, 3.8) is 0 Å². The van der Waals surface area contributed by atoms with Gasteiger partial charge in [0.2, 0.25) is 5.91 Å². The lowest BCUT2D eigenvalue weighted by Crippen LogP contribution is -2.23. The number of esters is 1. The third kappa shape index (κ3) is 5.04. The fourth-order valence-electron chi connectivity index (χ4n) is 2.69. The highest BCUT2D eigenvalue weighted by molar-refractivity contribution is 7.99. The van der Waals surface area contributed by atoms with Gasteiger partial charge in [0.25, 0.3) is 5.56 Å². The van der Waals surface area contributed by atoms with Crippen molar-refractivity contribution < 1.29 is 14.3 Å². The van der Waals surface area contributed by atoms with E-state index in [1.165, 1.54) is 23.1 Å². The van der Waals surface area contributed by atoms with Crippen molar-refractivity contribution in [1.29, 1.82) is 0 Å². The van der Waals surface area contributed by atoms with E-state index in [2.05, 4.69) is 10.3 Å². The molecule has 0 aliphatic rings. The van der Waals surface area contributed by atoms with Crippen LogP contribution in [-0.4, -0.2) is 33.8 Å². The summed E-state index contributed by atoms with van der Waals surface area (Å²) >= 11 is 2.61. The molecule has 1 N–H and O–H groups in total. The average molecular weight is 432 g/mol. The van der Waals surface area contributed by atoms with Gasteiger partial charge in [0.05, 0.1) is 23.4 Å². The Hall–Kier alpha value is -2.65. The normalized spacial score (nSPS) is 10.8. The summed E-state index contributed by atoms with van der Waals surface area (Å²) in [5, 5.41) is 5.16. The molecule has 0 saturated carbocycles. The molecule has 9 heteroatoms. The van der Waals surface area contributed by atoms with Gasteiger partial charge in [-0.1, -0.05) is 18.7 Å². The number of carbonyl (C=O) groups excluding carboxylic acids is 2. The molecule has 0 unspecified atom stereocenters. The van der Waals surface area contributed by atoms with E-state index in [9.17, 15) is 14.4 Å². The Morgan fingerprint density at radius 3 is 2.66 bits per heavy atom. The van der Waals surface area contributed by atoms with Crippen LogP contribution in [0.4, 0.5) is 5.69 Å². The maximum Gasteiger partial charge on any atom is 0.338 e. The topological polar surface area (TPSA) is 90.3 Å². The maximum absolute atomic E-state index is 12.7. The van der Waals surface area contributed by atoms with Gasteiger partial charge in [-0.2, -0.15) is 0 Å². The second kappa shape index (κ2) is 9.71. The van der Waals surface area contributed by atoms with Crippen molar-refractivity contribution >= 4 is 50.9 Å². The summed E-state index contributed by atoms with van der Waals surface area (Å²) in [7, 11) is 0. The van der Waals surface area contributed by atoms with Crippen LogP contribution in [0, 0.1) is 0 Å². The van der Waals surface area contributed by atoms with Gasteiger partial charge in [0, 0.05) is 12.2 Å².